The Balaban J connectivity index is 1.76. The van der Waals surface area contributed by atoms with E-state index in [2.05, 4.69) is 10.6 Å². The fraction of sp³-hybridized carbons (Fsp3) is 0.350. The van der Waals surface area contributed by atoms with E-state index < -0.39 is 11.6 Å². The topological polar surface area (TPSA) is 50.4 Å². The van der Waals surface area contributed by atoms with Gasteiger partial charge in [0.2, 0.25) is 0 Å². The molecule has 2 aromatic carbocycles. The summed E-state index contributed by atoms with van der Waals surface area (Å²) in [7, 11) is 1.60. The largest absolute Gasteiger partial charge is 0.380 e. The second kappa shape index (κ2) is 8.38. The molecule has 2 atom stereocenters. The molecular formula is C20H22F2N2O2. The SMILES string of the molecule is COCc1cccc(C(=O)NC2CNCCC2c2ccc(F)c(F)c2)c1. The number of hydrogen-bond acceptors (Lipinski definition) is 3. The van der Waals surface area contributed by atoms with Crippen LogP contribution in [0.15, 0.2) is 42.5 Å². The zero-order chi connectivity index (χ0) is 18.5. The van der Waals surface area contributed by atoms with Crippen LogP contribution >= 0.6 is 0 Å². The van der Waals surface area contributed by atoms with Gasteiger partial charge in [-0.1, -0.05) is 18.2 Å². The summed E-state index contributed by atoms with van der Waals surface area (Å²) in [5.41, 5.74) is 2.16. The van der Waals surface area contributed by atoms with Gasteiger partial charge >= 0.3 is 0 Å². The average molecular weight is 360 g/mol. The summed E-state index contributed by atoms with van der Waals surface area (Å²) in [6.07, 6.45) is 0.736. The molecule has 1 aliphatic heterocycles. The Kier molecular flexibility index (Phi) is 5.96. The van der Waals surface area contributed by atoms with Gasteiger partial charge < -0.3 is 15.4 Å². The Morgan fingerprint density at radius 2 is 2.08 bits per heavy atom. The van der Waals surface area contributed by atoms with Crippen LogP contribution in [0.1, 0.15) is 33.8 Å². The van der Waals surface area contributed by atoms with Crippen LogP contribution in [0.2, 0.25) is 0 Å². The van der Waals surface area contributed by atoms with Crippen LogP contribution < -0.4 is 10.6 Å². The van der Waals surface area contributed by atoms with Crippen molar-refractivity contribution >= 4 is 5.91 Å². The number of ether oxygens (including phenoxy) is 1. The van der Waals surface area contributed by atoms with Crippen LogP contribution in [0.4, 0.5) is 8.78 Å². The highest BCUT2D eigenvalue weighted by Gasteiger charge is 2.28. The Hall–Kier alpha value is -2.31. The number of carbonyl (C=O) groups is 1. The first-order valence-corrected chi connectivity index (χ1v) is 8.63. The maximum atomic E-state index is 13.6. The van der Waals surface area contributed by atoms with E-state index in [1.165, 1.54) is 6.07 Å². The molecule has 0 aromatic heterocycles. The van der Waals surface area contributed by atoms with Crippen molar-refractivity contribution in [1.82, 2.24) is 10.6 Å². The maximum absolute atomic E-state index is 13.6. The van der Waals surface area contributed by atoms with Crippen molar-refractivity contribution in [2.45, 2.75) is 25.0 Å². The highest BCUT2D eigenvalue weighted by molar-refractivity contribution is 5.94. The normalized spacial score (nSPS) is 20.0. The van der Waals surface area contributed by atoms with Gasteiger partial charge in [-0.2, -0.15) is 0 Å². The molecule has 2 N–H and O–H groups in total. The Morgan fingerprint density at radius 3 is 2.85 bits per heavy atom. The van der Waals surface area contributed by atoms with E-state index in [-0.39, 0.29) is 17.9 Å². The van der Waals surface area contributed by atoms with Gasteiger partial charge in [0.1, 0.15) is 0 Å². The molecule has 0 radical (unpaired) electrons. The first-order valence-electron chi connectivity index (χ1n) is 8.63. The molecule has 26 heavy (non-hydrogen) atoms. The van der Waals surface area contributed by atoms with E-state index in [0.717, 1.165) is 24.6 Å². The molecule has 1 fully saturated rings. The van der Waals surface area contributed by atoms with E-state index in [9.17, 15) is 13.6 Å². The van der Waals surface area contributed by atoms with E-state index in [1.807, 2.05) is 12.1 Å². The summed E-state index contributed by atoms with van der Waals surface area (Å²) in [5, 5.41) is 6.28. The number of amides is 1. The molecule has 3 rings (SSSR count). The third-order valence-electron chi connectivity index (χ3n) is 4.67. The average Bonchev–Trinajstić information content (AvgIpc) is 2.65. The molecule has 4 nitrogen and oxygen atoms in total. The number of nitrogens with one attached hydrogen (secondary N) is 2. The summed E-state index contributed by atoms with van der Waals surface area (Å²) in [6.45, 7) is 1.77. The second-order valence-electron chi connectivity index (χ2n) is 6.49. The molecular weight excluding hydrogens is 338 g/mol. The zero-order valence-corrected chi connectivity index (χ0v) is 14.6. The van der Waals surface area contributed by atoms with Crippen LogP contribution in [0.25, 0.3) is 0 Å². The molecule has 0 spiro atoms. The number of benzene rings is 2. The quantitative estimate of drug-likeness (QED) is 0.862. The van der Waals surface area contributed by atoms with Crippen molar-refractivity contribution in [2.24, 2.45) is 0 Å². The third-order valence-corrected chi connectivity index (χ3v) is 4.67. The van der Waals surface area contributed by atoms with E-state index in [4.69, 9.17) is 4.74 Å². The molecule has 1 aliphatic rings. The van der Waals surface area contributed by atoms with Crippen molar-refractivity contribution in [3.8, 4) is 0 Å². The van der Waals surface area contributed by atoms with E-state index in [0.29, 0.717) is 24.3 Å². The molecule has 1 heterocycles. The summed E-state index contributed by atoms with van der Waals surface area (Å²) in [5.74, 6) is -1.99. The number of rotatable bonds is 5. The van der Waals surface area contributed by atoms with Crippen LogP contribution in [-0.2, 0) is 11.3 Å². The molecule has 1 amide bonds. The van der Waals surface area contributed by atoms with Crippen molar-refractivity contribution < 1.29 is 18.3 Å². The molecule has 2 aromatic rings. The lowest BCUT2D eigenvalue weighted by Crippen LogP contribution is -2.50. The van der Waals surface area contributed by atoms with Crippen LogP contribution in [0.3, 0.4) is 0 Å². The van der Waals surface area contributed by atoms with Gasteiger partial charge in [-0.15, -0.1) is 0 Å². The lowest BCUT2D eigenvalue weighted by atomic mass is 9.85. The predicted octanol–water partition coefficient (Wildman–Crippen LogP) is 2.99. The number of hydrogen-bond donors (Lipinski definition) is 2. The summed E-state index contributed by atoms with van der Waals surface area (Å²) < 4.78 is 31.9. The Morgan fingerprint density at radius 1 is 1.23 bits per heavy atom. The maximum Gasteiger partial charge on any atom is 0.251 e. The Bertz CT molecular complexity index is 782. The van der Waals surface area contributed by atoms with Gasteiger partial charge in [-0.05, 0) is 48.4 Å². The minimum Gasteiger partial charge on any atom is -0.380 e. The minimum atomic E-state index is -0.863. The molecule has 138 valence electrons. The van der Waals surface area contributed by atoms with Gasteiger partial charge in [0.05, 0.1) is 6.61 Å². The van der Waals surface area contributed by atoms with Gasteiger partial charge in [0.25, 0.3) is 5.91 Å². The fourth-order valence-corrected chi connectivity index (χ4v) is 3.37. The van der Waals surface area contributed by atoms with Gasteiger partial charge in [0, 0.05) is 31.2 Å². The molecule has 2 unspecified atom stereocenters. The molecule has 0 aliphatic carbocycles. The third kappa shape index (κ3) is 4.26. The van der Waals surface area contributed by atoms with Crippen molar-refractivity contribution in [3.63, 3.8) is 0 Å². The standard InChI is InChI=1S/C20H22F2N2O2/c1-26-12-13-3-2-4-15(9-13)20(25)24-19-11-23-8-7-16(19)14-5-6-17(21)18(22)10-14/h2-6,9-10,16,19,23H,7-8,11-12H2,1H3,(H,24,25). The summed E-state index contributed by atoms with van der Waals surface area (Å²) in [4.78, 5) is 12.7. The molecule has 0 saturated carbocycles. The van der Waals surface area contributed by atoms with Crippen LogP contribution in [0, 0.1) is 11.6 Å². The smallest absolute Gasteiger partial charge is 0.251 e. The highest BCUT2D eigenvalue weighted by atomic mass is 19.2. The number of carbonyl (C=O) groups excluding carboxylic acids is 1. The Labute approximate surface area is 151 Å². The summed E-state index contributed by atoms with van der Waals surface area (Å²) >= 11 is 0. The highest BCUT2D eigenvalue weighted by Crippen LogP contribution is 2.27. The minimum absolute atomic E-state index is 0.0718. The van der Waals surface area contributed by atoms with Gasteiger partial charge in [-0.3, -0.25) is 4.79 Å². The van der Waals surface area contributed by atoms with E-state index in [1.54, 1.807) is 25.3 Å². The second-order valence-corrected chi connectivity index (χ2v) is 6.49. The lowest BCUT2D eigenvalue weighted by molar-refractivity contribution is 0.0924. The van der Waals surface area contributed by atoms with Crippen molar-refractivity contribution in [2.75, 3.05) is 20.2 Å². The molecule has 1 saturated heterocycles. The predicted molar refractivity (Wildman–Crippen MR) is 95.0 cm³/mol. The first kappa shape index (κ1) is 18.5. The van der Waals surface area contributed by atoms with Crippen molar-refractivity contribution in [1.29, 1.82) is 0 Å². The van der Waals surface area contributed by atoms with Crippen molar-refractivity contribution in [3.05, 3.63) is 70.8 Å². The van der Waals surface area contributed by atoms with Gasteiger partial charge in [-0.25, -0.2) is 8.78 Å². The fourth-order valence-electron chi connectivity index (χ4n) is 3.37. The first-order chi connectivity index (χ1) is 12.6. The van der Waals surface area contributed by atoms with E-state index >= 15 is 0 Å². The molecule has 0 bridgehead atoms. The summed E-state index contributed by atoms with van der Waals surface area (Å²) in [6, 6.07) is 11.0. The number of methoxy groups -OCH3 is 1. The number of halogens is 2. The van der Waals surface area contributed by atoms with Crippen LogP contribution in [-0.4, -0.2) is 32.1 Å². The van der Waals surface area contributed by atoms with Crippen LogP contribution in [0.5, 0.6) is 0 Å². The van der Waals surface area contributed by atoms with Gasteiger partial charge in [0.15, 0.2) is 11.6 Å². The lowest BCUT2D eigenvalue weighted by Gasteiger charge is -2.33. The number of piperidine rings is 1. The molecule has 6 heteroatoms. The zero-order valence-electron chi connectivity index (χ0n) is 14.6. The monoisotopic (exact) mass is 360 g/mol.